The van der Waals surface area contributed by atoms with Gasteiger partial charge in [-0.3, -0.25) is 0 Å². The highest BCUT2D eigenvalue weighted by molar-refractivity contribution is 5.13. The molecule has 2 aliphatic heterocycles. The monoisotopic (exact) mass is 274 g/mol. The molecular formula is C17H22O3. The van der Waals surface area contributed by atoms with Crippen LogP contribution >= 0.6 is 0 Å². The minimum Gasteiger partial charge on any atom is -0.375 e. The number of benzene rings is 1. The zero-order valence-corrected chi connectivity index (χ0v) is 11.7. The molecule has 0 radical (unpaired) electrons. The summed E-state index contributed by atoms with van der Waals surface area (Å²) in [4.78, 5) is 0. The van der Waals surface area contributed by atoms with Gasteiger partial charge in [-0.25, -0.2) is 0 Å². The van der Waals surface area contributed by atoms with Crippen LogP contribution in [0.4, 0.5) is 0 Å². The van der Waals surface area contributed by atoms with Crippen LogP contribution in [0.5, 0.6) is 0 Å². The van der Waals surface area contributed by atoms with Crippen LogP contribution in [0, 0.1) is 0 Å². The van der Waals surface area contributed by atoms with Gasteiger partial charge < -0.3 is 14.2 Å². The SMILES string of the molecule is C=C[C@@H]1O[C@H]2CCCO[C@@H]2C[C@@H]1OCc1ccccc1. The highest BCUT2D eigenvalue weighted by Gasteiger charge is 2.39. The molecule has 108 valence electrons. The molecule has 0 spiro atoms. The first-order valence-electron chi connectivity index (χ1n) is 7.42. The predicted molar refractivity (Wildman–Crippen MR) is 77.5 cm³/mol. The van der Waals surface area contributed by atoms with Gasteiger partial charge in [0.05, 0.1) is 24.9 Å². The number of ether oxygens (including phenoxy) is 3. The Labute approximate surface area is 120 Å². The lowest BCUT2D eigenvalue weighted by atomic mass is 9.93. The van der Waals surface area contributed by atoms with Crippen molar-refractivity contribution in [3.63, 3.8) is 0 Å². The van der Waals surface area contributed by atoms with Crippen LogP contribution in [0.1, 0.15) is 24.8 Å². The van der Waals surface area contributed by atoms with Gasteiger partial charge in [0.1, 0.15) is 6.10 Å². The van der Waals surface area contributed by atoms with E-state index in [9.17, 15) is 0 Å². The summed E-state index contributed by atoms with van der Waals surface area (Å²) in [6.45, 7) is 5.33. The first-order valence-corrected chi connectivity index (χ1v) is 7.42. The Morgan fingerprint density at radius 3 is 2.90 bits per heavy atom. The molecule has 0 bridgehead atoms. The summed E-state index contributed by atoms with van der Waals surface area (Å²) in [6, 6.07) is 10.2. The van der Waals surface area contributed by atoms with E-state index in [1.54, 1.807) is 0 Å². The van der Waals surface area contributed by atoms with Gasteiger partial charge in [0.25, 0.3) is 0 Å². The maximum atomic E-state index is 6.07. The number of hydrogen-bond acceptors (Lipinski definition) is 3. The average Bonchev–Trinajstić information content (AvgIpc) is 2.53. The lowest BCUT2D eigenvalue weighted by Gasteiger charge is -2.42. The third-order valence-corrected chi connectivity index (χ3v) is 4.08. The largest absolute Gasteiger partial charge is 0.375 e. The molecule has 3 rings (SSSR count). The lowest BCUT2D eigenvalue weighted by molar-refractivity contribution is -0.202. The van der Waals surface area contributed by atoms with E-state index in [1.807, 2.05) is 24.3 Å². The molecule has 0 unspecified atom stereocenters. The van der Waals surface area contributed by atoms with Gasteiger partial charge in [-0.1, -0.05) is 36.4 Å². The quantitative estimate of drug-likeness (QED) is 0.790. The molecule has 0 amide bonds. The molecular weight excluding hydrogens is 252 g/mol. The molecule has 0 N–H and O–H groups in total. The van der Waals surface area contributed by atoms with Crippen LogP contribution in [0.3, 0.4) is 0 Å². The van der Waals surface area contributed by atoms with Gasteiger partial charge in [-0.05, 0) is 18.4 Å². The first-order chi connectivity index (χ1) is 9.86. The standard InChI is InChI=1S/C17H22O3/c1-2-14-16(19-12-13-7-4-3-5-8-13)11-17-15(20-14)9-6-10-18-17/h2-5,7-8,14-17H,1,6,9-12H2/t14-,15-,16-,17+/m0/s1. The summed E-state index contributed by atoms with van der Waals surface area (Å²) < 4.78 is 17.9. The Kier molecular flexibility index (Phi) is 4.51. The van der Waals surface area contributed by atoms with E-state index in [2.05, 4.69) is 18.7 Å². The molecule has 3 nitrogen and oxygen atoms in total. The maximum absolute atomic E-state index is 6.07. The summed E-state index contributed by atoms with van der Waals surface area (Å²) in [6.07, 6.45) is 5.33. The summed E-state index contributed by atoms with van der Waals surface area (Å²) >= 11 is 0. The van der Waals surface area contributed by atoms with Crippen molar-refractivity contribution in [2.75, 3.05) is 6.61 Å². The third-order valence-electron chi connectivity index (χ3n) is 4.08. The van der Waals surface area contributed by atoms with E-state index in [4.69, 9.17) is 14.2 Å². The van der Waals surface area contributed by atoms with Gasteiger partial charge in [-0.2, -0.15) is 0 Å². The van der Waals surface area contributed by atoms with Crippen molar-refractivity contribution in [3.8, 4) is 0 Å². The van der Waals surface area contributed by atoms with Crippen LogP contribution in [0.25, 0.3) is 0 Å². The number of hydrogen-bond donors (Lipinski definition) is 0. The van der Waals surface area contributed by atoms with E-state index in [-0.39, 0.29) is 24.4 Å². The van der Waals surface area contributed by atoms with Crippen LogP contribution in [0.15, 0.2) is 43.0 Å². The molecule has 20 heavy (non-hydrogen) atoms. The van der Waals surface area contributed by atoms with E-state index >= 15 is 0 Å². The molecule has 2 heterocycles. The van der Waals surface area contributed by atoms with Crippen molar-refractivity contribution < 1.29 is 14.2 Å². The zero-order chi connectivity index (χ0) is 13.8. The second kappa shape index (κ2) is 6.53. The van der Waals surface area contributed by atoms with Gasteiger partial charge in [0.15, 0.2) is 0 Å². The minimum absolute atomic E-state index is 0.0262. The highest BCUT2D eigenvalue weighted by Crippen LogP contribution is 2.31. The molecule has 1 aromatic carbocycles. The topological polar surface area (TPSA) is 27.7 Å². The van der Waals surface area contributed by atoms with Crippen LogP contribution in [0.2, 0.25) is 0 Å². The van der Waals surface area contributed by atoms with Crippen molar-refractivity contribution >= 4 is 0 Å². The van der Waals surface area contributed by atoms with E-state index in [0.29, 0.717) is 6.61 Å². The fourth-order valence-corrected chi connectivity index (χ4v) is 2.99. The van der Waals surface area contributed by atoms with Crippen molar-refractivity contribution in [2.45, 2.75) is 50.3 Å². The van der Waals surface area contributed by atoms with Gasteiger partial charge in [0, 0.05) is 13.0 Å². The Morgan fingerprint density at radius 2 is 2.10 bits per heavy atom. The van der Waals surface area contributed by atoms with Crippen molar-refractivity contribution in [1.82, 2.24) is 0 Å². The molecule has 0 aliphatic carbocycles. The van der Waals surface area contributed by atoms with Gasteiger partial charge in [0.2, 0.25) is 0 Å². The fourth-order valence-electron chi connectivity index (χ4n) is 2.99. The van der Waals surface area contributed by atoms with E-state index < -0.39 is 0 Å². The Morgan fingerprint density at radius 1 is 1.25 bits per heavy atom. The fraction of sp³-hybridized carbons (Fsp3) is 0.529. The Hall–Kier alpha value is -1.16. The summed E-state index contributed by atoms with van der Waals surface area (Å²) in [7, 11) is 0. The van der Waals surface area contributed by atoms with Crippen LogP contribution in [-0.4, -0.2) is 31.0 Å². The highest BCUT2D eigenvalue weighted by atomic mass is 16.6. The van der Waals surface area contributed by atoms with Crippen molar-refractivity contribution in [3.05, 3.63) is 48.6 Å². The van der Waals surface area contributed by atoms with Crippen LogP contribution < -0.4 is 0 Å². The summed E-state index contributed by atoms with van der Waals surface area (Å²) in [5.74, 6) is 0. The number of rotatable bonds is 4. The van der Waals surface area contributed by atoms with E-state index in [1.165, 1.54) is 5.56 Å². The molecule has 4 atom stereocenters. The van der Waals surface area contributed by atoms with Crippen molar-refractivity contribution in [2.24, 2.45) is 0 Å². The molecule has 0 aromatic heterocycles. The normalized spacial score (nSPS) is 33.4. The maximum Gasteiger partial charge on any atom is 0.102 e. The Bertz CT molecular complexity index is 431. The number of fused-ring (bicyclic) bond motifs is 1. The smallest absolute Gasteiger partial charge is 0.102 e. The molecule has 2 fully saturated rings. The minimum atomic E-state index is -0.0262. The summed E-state index contributed by atoms with van der Waals surface area (Å²) in [5.41, 5.74) is 1.18. The van der Waals surface area contributed by atoms with Gasteiger partial charge in [-0.15, -0.1) is 6.58 Å². The first kappa shape index (κ1) is 13.8. The van der Waals surface area contributed by atoms with Crippen LogP contribution in [-0.2, 0) is 20.8 Å². The van der Waals surface area contributed by atoms with Gasteiger partial charge >= 0.3 is 0 Å². The van der Waals surface area contributed by atoms with Crippen molar-refractivity contribution in [1.29, 1.82) is 0 Å². The molecule has 1 aromatic rings. The molecule has 2 saturated heterocycles. The second-order valence-corrected chi connectivity index (χ2v) is 5.50. The predicted octanol–water partition coefficient (Wildman–Crippen LogP) is 3.09. The van der Waals surface area contributed by atoms with E-state index in [0.717, 1.165) is 25.9 Å². The third kappa shape index (κ3) is 3.11. The second-order valence-electron chi connectivity index (χ2n) is 5.50. The average molecular weight is 274 g/mol. The Balaban J connectivity index is 1.60. The lowest BCUT2D eigenvalue weighted by Crippen LogP contribution is -2.50. The molecule has 3 heteroatoms. The molecule has 2 aliphatic rings. The summed E-state index contributed by atoms with van der Waals surface area (Å²) in [5, 5.41) is 0. The zero-order valence-electron chi connectivity index (χ0n) is 11.7. The molecule has 0 saturated carbocycles.